The largest absolute Gasteiger partial charge is 0.478 e. The highest BCUT2D eigenvalue weighted by Crippen LogP contribution is 2.23. The highest BCUT2D eigenvalue weighted by atomic mass is 79.9. The quantitative estimate of drug-likeness (QED) is 0.923. The molecular formula is C12H9BrO3S2. The molecule has 1 unspecified atom stereocenters. The van der Waals surface area contributed by atoms with E-state index in [9.17, 15) is 9.00 Å². The number of carboxylic acids is 1. The zero-order chi connectivity index (χ0) is 13.1. The fourth-order valence-electron chi connectivity index (χ4n) is 1.46. The van der Waals surface area contributed by atoms with Crippen LogP contribution in [0.25, 0.3) is 0 Å². The van der Waals surface area contributed by atoms with Crippen LogP contribution in [0.15, 0.2) is 45.1 Å². The van der Waals surface area contributed by atoms with Crippen LogP contribution >= 0.6 is 27.3 Å². The van der Waals surface area contributed by atoms with Gasteiger partial charge in [0.05, 0.1) is 27.0 Å². The summed E-state index contributed by atoms with van der Waals surface area (Å²) in [5, 5.41) is 11.0. The summed E-state index contributed by atoms with van der Waals surface area (Å²) in [6.07, 6.45) is 0. The minimum absolute atomic E-state index is 0.0908. The summed E-state index contributed by atoms with van der Waals surface area (Å²) >= 11 is 4.78. The lowest BCUT2D eigenvalue weighted by atomic mass is 10.2. The SMILES string of the molecule is O=C(O)c1ccc(Br)cc1S(=O)Cc1cccs1. The van der Waals surface area contributed by atoms with Crippen molar-refractivity contribution in [2.75, 3.05) is 0 Å². The summed E-state index contributed by atoms with van der Waals surface area (Å²) in [6, 6.07) is 8.48. The molecule has 18 heavy (non-hydrogen) atoms. The summed E-state index contributed by atoms with van der Waals surface area (Å²) in [4.78, 5) is 12.4. The first-order valence-electron chi connectivity index (χ1n) is 5.01. The van der Waals surface area contributed by atoms with Crippen LogP contribution in [0.4, 0.5) is 0 Å². The predicted molar refractivity (Wildman–Crippen MR) is 75.5 cm³/mol. The molecule has 0 amide bonds. The van der Waals surface area contributed by atoms with Gasteiger partial charge in [0.1, 0.15) is 0 Å². The van der Waals surface area contributed by atoms with Gasteiger partial charge >= 0.3 is 5.97 Å². The standard InChI is InChI=1S/C12H9BrO3S2/c13-8-3-4-10(12(14)15)11(6-8)18(16)7-9-2-1-5-17-9/h1-6H,7H2,(H,14,15). The molecule has 2 rings (SSSR count). The first kappa shape index (κ1) is 13.5. The predicted octanol–water partition coefficient (Wildman–Crippen LogP) is 3.52. The Morgan fingerprint density at radius 3 is 2.78 bits per heavy atom. The molecule has 0 spiro atoms. The van der Waals surface area contributed by atoms with E-state index in [1.54, 1.807) is 12.1 Å². The van der Waals surface area contributed by atoms with E-state index in [2.05, 4.69) is 15.9 Å². The van der Waals surface area contributed by atoms with Crippen molar-refractivity contribution >= 4 is 44.0 Å². The second kappa shape index (κ2) is 5.77. The first-order valence-corrected chi connectivity index (χ1v) is 8.00. The van der Waals surface area contributed by atoms with Gasteiger partial charge in [-0.2, -0.15) is 0 Å². The van der Waals surface area contributed by atoms with Gasteiger partial charge in [-0.25, -0.2) is 4.79 Å². The van der Waals surface area contributed by atoms with Crippen molar-refractivity contribution in [1.82, 2.24) is 0 Å². The number of rotatable bonds is 4. The van der Waals surface area contributed by atoms with Crippen molar-refractivity contribution in [3.63, 3.8) is 0 Å². The van der Waals surface area contributed by atoms with Gasteiger partial charge in [-0.3, -0.25) is 4.21 Å². The van der Waals surface area contributed by atoms with Gasteiger partial charge in [-0.05, 0) is 29.6 Å². The second-order valence-corrected chi connectivity index (χ2v) is 6.88. The fraction of sp³-hybridized carbons (Fsp3) is 0.0833. The normalized spacial score (nSPS) is 12.3. The maximum absolute atomic E-state index is 12.2. The van der Waals surface area contributed by atoms with Crippen LogP contribution in [0.1, 0.15) is 15.2 Å². The zero-order valence-corrected chi connectivity index (χ0v) is 12.3. The van der Waals surface area contributed by atoms with Crippen molar-refractivity contribution < 1.29 is 14.1 Å². The van der Waals surface area contributed by atoms with Crippen molar-refractivity contribution in [2.45, 2.75) is 10.6 Å². The van der Waals surface area contributed by atoms with Crippen molar-refractivity contribution in [1.29, 1.82) is 0 Å². The Balaban J connectivity index is 2.34. The Labute approximate surface area is 119 Å². The Bertz CT molecular complexity index is 593. The summed E-state index contributed by atoms with van der Waals surface area (Å²) in [5.41, 5.74) is 0.0908. The van der Waals surface area contributed by atoms with E-state index in [0.717, 1.165) is 9.35 Å². The third kappa shape index (κ3) is 3.07. The molecule has 0 bridgehead atoms. The number of thiophene rings is 1. The van der Waals surface area contributed by atoms with Gasteiger partial charge in [0.15, 0.2) is 0 Å². The number of halogens is 1. The summed E-state index contributed by atoms with van der Waals surface area (Å²) < 4.78 is 12.9. The van der Waals surface area contributed by atoms with Gasteiger partial charge in [0.2, 0.25) is 0 Å². The van der Waals surface area contributed by atoms with Crippen LogP contribution in [0.3, 0.4) is 0 Å². The van der Waals surface area contributed by atoms with Gasteiger partial charge in [-0.15, -0.1) is 11.3 Å². The molecular weight excluding hydrogens is 336 g/mol. The molecule has 0 saturated carbocycles. The highest BCUT2D eigenvalue weighted by molar-refractivity contribution is 9.10. The zero-order valence-electron chi connectivity index (χ0n) is 9.13. The molecule has 3 nitrogen and oxygen atoms in total. The third-order valence-corrected chi connectivity index (χ3v) is 5.23. The lowest BCUT2D eigenvalue weighted by Gasteiger charge is -2.06. The summed E-state index contributed by atoms with van der Waals surface area (Å²) in [7, 11) is -1.36. The smallest absolute Gasteiger partial charge is 0.336 e. The van der Waals surface area contributed by atoms with Crippen molar-refractivity contribution in [3.8, 4) is 0 Å². The van der Waals surface area contributed by atoms with Gasteiger partial charge < -0.3 is 5.11 Å². The molecule has 1 N–H and O–H groups in total. The van der Waals surface area contributed by atoms with Gasteiger partial charge in [-0.1, -0.05) is 22.0 Å². The molecule has 0 aliphatic carbocycles. The van der Waals surface area contributed by atoms with E-state index in [-0.39, 0.29) is 5.56 Å². The molecule has 1 aromatic carbocycles. The average molecular weight is 345 g/mol. The Hall–Kier alpha value is -0.980. The molecule has 2 aromatic rings. The molecule has 1 atom stereocenters. The molecule has 0 aliphatic rings. The minimum atomic E-state index is -1.36. The maximum atomic E-state index is 12.2. The summed E-state index contributed by atoms with van der Waals surface area (Å²) in [6.45, 7) is 0. The van der Waals surface area contributed by atoms with Crippen LogP contribution in [0.2, 0.25) is 0 Å². The Kier molecular flexibility index (Phi) is 4.31. The van der Waals surface area contributed by atoms with E-state index in [4.69, 9.17) is 5.11 Å². The number of hydrogen-bond acceptors (Lipinski definition) is 3. The molecule has 0 aliphatic heterocycles. The molecule has 0 saturated heterocycles. The molecule has 1 heterocycles. The van der Waals surface area contributed by atoms with E-state index < -0.39 is 16.8 Å². The van der Waals surface area contributed by atoms with Crippen molar-refractivity contribution in [2.24, 2.45) is 0 Å². The van der Waals surface area contributed by atoms with Crippen LogP contribution in [-0.2, 0) is 16.6 Å². The topological polar surface area (TPSA) is 54.4 Å². The first-order chi connectivity index (χ1) is 8.58. The van der Waals surface area contributed by atoms with E-state index in [0.29, 0.717) is 10.6 Å². The summed E-state index contributed by atoms with van der Waals surface area (Å²) in [5.74, 6) is -0.717. The second-order valence-electron chi connectivity index (χ2n) is 3.51. The molecule has 0 radical (unpaired) electrons. The molecule has 1 aromatic heterocycles. The fourth-order valence-corrected chi connectivity index (χ4v) is 4.23. The van der Waals surface area contributed by atoms with Gasteiger partial charge in [0.25, 0.3) is 0 Å². The Morgan fingerprint density at radius 1 is 1.39 bits per heavy atom. The van der Waals surface area contributed by atoms with Crippen molar-refractivity contribution in [3.05, 3.63) is 50.6 Å². The monoisotopic (exact) mass is 344 g/mol. The third-order valence-electron chi connectivity index (χ3n) is 2.27. The highest BCUT2D eigenvalue weighted by Gasteiger charge is 2.16. The number of aromatic carboxylic acids is 1. The minimum Gasteiger partial charge on any atom is -0.478 e. The number of carboxylic acid groups (broad SMARTS) is 1. The van der Waals surface area contributed by atoms with E-state index >= 15 is 0 Å². The van der Waals surface area contributed by atoms with Crippen LogP contribution < -0.4 is 0 Å². The Morgan fingerprint density at radius 2 is 2.17 bits per heavy atom. The van der Waals surface area contributed by atoms with E-state index in [1.807, 2.05) is 17.5 Å². The average Bonchev–Trinajstić information content (AvgIpc) is 2.81. The number of benzene rings is 1. The molecule has 0 fully saturated rings. The van der Waals surface area contributed by atoms with E-state index in [1.165, 1.54) is 17.4 Å². The van der Waals surface area contributed by atoms with Crippen LogP contribution in [0.5, 0.6) is 0 Å². The molecule has 6 heteroatoms. The lowest BCUT2D eigenvalue weighted by Crippen LogP contribution is -2.05. The van der Waals surface area contributed by atoms with Gasteiger partial charge in [0, 0.05) is 9.35 Å². The van der Waals surface area contributed by atoms with Crippen LogP contribution in [-0.4, -0.2) is 15.3 Å². The molecule has 94 valence electrons. The number of hydrogen-bond donors (Lipinski definition) is 1. The lowest BCUT2D eigenvalue weighted by molar-refractivity contribution is 0.0693. The number of carbonyl (C=O) groups is 1. The maximum Gasteiger partial charge on any atom is 0.336 e. The van der Waals surface area contributed by atoms with Crippen LogP contribution in [0, 0.1) is 0 Å².